The summed E-state index contributed by atoms with van der Waals surface area (Å²) in [5.41, 5.74) is 1.37. The predicted molar refractivity (Wildman–Crippen MR) is 84.8 cm³/mol. The van der Waals surface area contributed by atoms with Crippen molar-refractivity contribution in [2.45, 2.75) is 50.5 Å². The monoisotopic (exact) mass is 281 g/mol. The van der Waals surface area contributed by atoms with E-state index in [4.69, 9.17) is 5.11 Å². The van der Waals surface area contributed by atoms with E-state index in [0.717, 1.165) is 19.4 Å². The van der Waals surface area contributed by atoms with Gasteiger partial charge in [0.25, 0.3) is 0 Å². The van der Waals surface area contributed by atoms with Crippen molar-refractivity contribution in [2.24, 2.45) is 0 Å². The van der Waals surface area contributed by atoms with Gasteiger partial charge in [0.05, 0.1) is 0 Å². The van der Waals surface area contributed by atoms with Crippen LogP contribution in [0.15, 0.2) is 29.2 Å². The van der Waals surface area contributed by atoms with Crippen LogP contribution in [0, 0.1) is 0 Å². The topological polar surface area (TPSA) is 32.3 Å². The first-order valence-electron chi connectivity index (χ1n) is 7.35. The van der Waals surface area contributed by atoms with Gasteiger partial charge < -0.3 is 10.4 Å². The van der Waals surface area contributed by atoms with Crippen molar-refractivity contribution in [3.63, 3.8) is 0 Å². The van der Waals surface area contributed by atoms with Crippen molar-refractivity contribution in [3.05, 3.63) is 29.8 Å². The van der Waals surface area contributed by atoms with Crippen molar-refractivity contribution in [1.29, 1.82) is 0 Å². The molecular formula is C16H27NOS. The molecule has 1 atom stereocenters. The molecule has 0 bridgehead atoms. The highest BCUT2D eigenvalue weighted by Crippen LogP contribution is 2.23. The van der Waals surface area contributed by atoms with Gasteiger partial charge in [-0.1, -0.05) is 31.9 Å². The molecule has 0 aromatic heterocycles. The van der Waals surface area contributed by atoms with E-state index in [1.807, 2.05) is 11.8 Å². The van der Waals surface area contributed by atoms with Crippen LogP contribution in [0.4, 0.5) is 0 Å². The van der Waals surface area contributed by atoms with Crippen molar-refractivity contribution < 1.29 is 5.11 Å². The lowest BCUT2D eigenvalue weighted by molar-refractivity contribution is 0.283. The Morgan fingerprint density at radius 1 is 1.21 bits per heavy atom. The molecule has 0 aliphatic rings. The van der Waals surface area contributed by atoms with E-state index in [9.17, 15) is 0 Å². The average Bonchev–Trinajstić information content (AvgIpc) is 2.43. The van der Waals surface area contributed by atoms with Gasteiger partial charge in [-0.25, -0.2) is 0 Å². The van der Waals surface area contributed by atoms with E-state index < -0.39 is 0 Å². The van der Waals surface area contributed by atoms with Gasteiger partial charge in [0, 0.05) is 17.5 Å². The highest BCUT2D eigenvalue weighted by Gasteiger charge is 2.04. The lowest BCUT2D eigenvalue weighted by Crippen LogP contribution is -2.17. The molecule has 1 rings (SSSR count). The summed E-state index contributed by atoms with van der Waals surface area (Å²) in [6.45, 7) is 5.69. The molecule has 0 radical (unpaired) electrons. The van der Waals surface area contributed by atoms with Gasteiger partial charge >= 0.3 is 0 Å². The lowest BCUT2D eigenvalue weighted by Gasteiger charge is -2.13. The first-order chi connectivity index (χ1) is 9.27. The summed E-state index contributed by atoms with van der Waals surface area (Å²) < 4.78 is 0. The van der Waals surface area contributed by atoms with Crippen molar-refractivity contribution in [3.8, 4) is 0 Å². The molecule has 108 valence electrons. The summed E-state index contributed by atoms with van der Waals surface area (Å²) in [6.07, 6.45) is 4.55. The Hall–Kier alpha value is -0.510. The molecule has 0 saturated heterocycles. The van der Waals surface area contributed by atoms with Crippen LogP contribution in [0.2, 0.25) is 0 Å². The molecule has 3 heteroatoms. The number of thioether (sulfide) groups is 1. The van der Waals surface area contributed by atoms with Gasteiger partial charge in [0.2, 0.25) is 0 Å². The zero-order chi connectivity index (χ0) is 13.9. The molecule has 1 unspecified atom stereocenters. The predicted octanol–water partition coefficient (Wildman–Crippen LogP) is 4.00. The SMILES string of the molecule is CCNC(C)c1cccc(SCCCCCCO)c1. The van der Waals surface area contributed by atoms with Crippen LogP contribution in [-0.2, 0) is 0 Å². The summed E-state index contributed by atoms with van der Waals surface area (Å²) in [4.78, 5) is 1.37. The number of unbranched alkanes of at least 4 members (excludes halogenated alkanes) is 3. The molecule has 0 fully saturated rings. The van der Waals surface area contributed by atoms with E-state index >= 15 is 0 Å². The van der Waals surface area contributed by atoms with Crippen LogP contribution >= 0.6 is 11.8 Å². The summed E-state index contributed by atoms with van der Waals surface area (Å²) in [5.74, 6) is 1.17. The maximum absolute atomic E-state index is 8.72. The highest BCUT2D eigenvalue weighted by molar-refractivity contribution is 7.99. The first-order valence-corrected chi connectivity index (χ1v) is 8.33. The second kappa shape index (κ2) is 10.3. The Bertz CT molecular complexity index is 343. The molecule has 1 aromatic rings. The molecule has 2 nitrogen and oxygen atoms in total. The second-order valence-corrected chi connectivity index (χ2v) is 6.01. The zero-order valence-electron chi connectivity index (χ0n) is 12.2. The molecule has 1 aromatic carbocycles. The van der Waals surface area contributed by atoms with Crippen LogP contribution in [-0.4, -0.2) is 24.0 Å². The van der Waals surface area contributed by atoms with Crippen molar-refractivity contribution in [2.75, 3.05) is 18.9 Å². The van der Waals surface area contributed by atoms with Crippen LogP contribution in [0.3, 0.4) is 0 Å². The number of rotatable bonds is 10. The Morgan fingerprint density at radius 2 is 2.00 bits per heavy atom. The van der Waals surface area contributed by atoms with Gasteiger partial charge in [-0.15, -0.1) is 11.8 Å². The minimum Gasteiger partial charge on any atom is -0.396 e. The Kier molecular flexibility index (Phi) is 8.97. The number of nitrogens with one attached hydrogen (secondary N) is 1. The fourth-order valence-corrected chi connectivity index (χ4v) is 3.03. The van der Waals surface area contributed by atoms with Gasteiger partial charge in [-0.2, -0.15) is 0 Å². The number of hydrogen-bond donors (Lipinski definition) is 2. The van der Waals surface area contributed by atoms with Crippen LogP contribution < -0.4 is 5.32 Å². The standard InChI is InChI=1S/C16H27NOS/c1-3-17-14(2)15-9-8-10-16(13-15)19-12-7-5-4-6-11-18/h8-10,13-14,17-18H,3-7,11-12H2,1-2H3. The van der Waals surface area contributed by atoms with Crippen molar-refractivity contribution in [1.82, 2.24) is 5.32 Å². The minimum atomic E-state index is 0.331. The molecule has 2 N–H and O–H groups in total. The van der Waals surface area contributed by atoms with E-state index in [-0.39, 0.29) is 0 Å². The zero-order valence-corrected chi connectivity index (χ0v) is 13.0. The molecule has 0 aliphatic carbocycles. The van der Waals surface area contributed by atoms with Gasteiger partial charge in [-0.05, 0) is 49.8 Å². The van der Waals surface area contributed by atoms with E-state index in [0.29, 0.717) is 12.6 Å². The summed E-state index contributed by atoms with van der Waals surface area (Å²) in [7, 11) is 0. The van der Waals surface area contributed by atoms with Crippen LogP contribution in [0.5, 0.6) is 0 Å². The summed E-state index contributed by atoms with van der Waals surface area (Å²) in [6, 6.07) is 9.26. The van der Waals surface area contributed by atoms with Crippen LogP contribution in [0.1, 0.15) is 51.1 Å². The molecule has 0 amide bonds. The van der Waals surface area contributed by atoms with E-state index in [1.165, 1.54) is 29.1 Å². The highest BCUT2D eigenvalue weighted by atomic mass is 32.2. The molecule has 0 aliphatic heterocycles. The second-order valence-electron chi connectivity index (χ2n) is 4.84. The fraction of sp³-hybridized carbons (Fsp3) is 0.625. The third-order valence-electron chi connectivity index (χ3n) is 3.19. The van der Waals surface area contributed by atoms with E-state index in [1.54, 1.807) is 0 Å². The Balaban J connectivity index is 2.31. The molecule has 0 heterocycles. The van der Waals surface area contributed by atoms with Crippen LogP contribution in [0.25, 0.3) is 0 Å². The number of hydrogen-bond acceptors (Lipinski definition) is 3. The summed E-state index contributed by atoms with van der Waals surface area (Å²) in [5, 5.41) is 12.2. The number of benzene rings is 1. The van der Waals surface area contributed by atoms with Gasteiger partial charge in [0.1, 0.15) is 0 Å². The van der Waals surface area contributed by atoms with E-state index in [2.05, 4.69) is 43.4 Å². The Labute approximate surface area is 122 Å². The third-order valence-corrected chi connectivity index (χ3v) is 4.27. The molecule has 0 spiro atoms. The van der Waals surface area contributed by atoms with Gasteiger partial charge in [-0.3, -0.25) is 0 Å². The third kappa shape index (κ3) is 7.00. The fourth-order valence-electron chi connectivity index (χ4n) is 2.06. The maximum atomic E-state index is 8.72. The molecule has 19 heavy (non-hydrogen) atoms. The normalized spacial score (nSPS) is 12.6. The lowest BCUT2D eigenvalue weighted by atomic mass is 10.1. The Morgan fingerprint density at radius 3 is 2.74 bits per heavy atom. The smallest absolute Gasteiger partial charge is 0.0431 e. The summed E-state index contributed by atoms with van der Waals surface area (Å²) >= 11 is 1.94. The maximum Gasteiger partial charge on any atom is 0.0431 e. The molecular weight excluding hydrogens is 254 g/mol. The minimum absolute atomic E-state index is 0.331. The van der Waals surface area contributed by atoms with Crippen molar-refractivity contribution >= 4 is 11.8 Å². The quantitative estimate of drug-likeness (QED) is 0.502. The average molecular weight is 281 g/mol. The largest absolute Gasteiger partial charge is 0.396 e. The van der Waals surface area contributed by atoms with Gasteiger partial charge in [0.15, 0.2) is 0 Å². The first kappa shape index (κ1) is 16.5. The number of aliphatic hydroxyl groups excluding tert-OH is 1. The molecule has 0 saturated carbocycles. The number of aliphatic hydroxyl groups is 1.